The van der Waals surface area contributed by atoms with Gasteiger partial charge in [-0.1, -0.05) is 118 Å². The maximum atomic E-state index is 8.71. The Bertz CT molecular complexity index is 2380. The molecule has 8 aromatic rings. The van der Waals surface area contributed by atoms with Crippen molar-refractivity contribution >= 4 is 43.9 Å². The summed E-state index contributed by atoms with van der Waals surface area (Å²) in [5.74, 6) is 0. The van der Waals surface area contributed by atoms with Gasteiger partial charge in [0.25, 0.3) is 0 Å². The lowest BCUT2D eigenvalue weighted by Crippen LogP contribution is -2.08. The highest BCUT2D eigenvalue weighted by atomic mass is 16.3. The maximum Gasteiger partial charge on any atom is 0.153 e. The van der Waals surface area contributed by atoms with E-state index in [2.05, 4.69) is 72.8 Å². The van der Waals surface area contributed by atoms with Crippen LogP contribution in [0.25, 0.3) is 77.4 Å². The molecule has 0 aliphatic rings. The Kier molecular flexibility index (Phi) is 5.29. The zero-order valence-electron chi connectivity index (χ0n) is 26.3. The summed E-state index contributed by atoms with van der Waals surface area (Å²) in [6.45, 7) is 5.74. The van der Waals surface area contributed by atoms with E-state index in [4.69, 9.17) is 16.6 Å². The molecule has 0 bridgehead atoms. The van der Waals surface area contributed by atoms with Crippen molar-refractivity contribution in [3.63, 3.8) is 0 Å². The van der Waals surface area contributed by atoms with Crippen molar-refractivity contribution in [2.45, 2.75) is 27.1 Å². The Morgan fingerprint density at radius 2 is 1.26 bits per heavy atom. The van der Waals surface area contributed by atoms with Gasteiger partial charge >= 0.3 is 0 Å². The zero-order valence-corrected chi connectivity index (χ0v) is 24.3. The molecule has 0 spiro atoms. The average Bonchev–Trinajstić information content (AvgIpc) is 3.62. The van der Waals surface area contributed by atoms with Gasteiger partial charge in [-0.3, -0.25) is 4.98 Å². The molecule has 3 heterocycles. The van der Waals surface area contributed by atoms with Crippen LogP contribution in [0.2, 0.25) is 0 Å². The Balaban J connectivity index is 1.23. The molecule has 3 nitrogen and oxygen atoms in total. The van der Waals surface area contributed by atoms with E-state index in [1.54, 1.807) is 6.20 Å². The Morgan fingerprint density at radius 3 is 2.00 bits per heavy atom. The Labute approximate surface area is 253 Å². The first kappa shape index (κ1) is 23.4. The zero-order chi connectivity index (χ0) is 30.9. The van der Waals surface area contributed by atoms with Crippen LogP contribution in [0.3, 0.4) is 0 Å². The van der Waals surface area contributed by atoms with E-state index in [0.717, 1.165) is 55.1 Å². The average molecular weight is 560 g/mol. The van der Waals surface area contributed by atoms with Crippen molar-refractivity contribution in [3.8, 4) is 33.5 Å². The van der Waals surface area contributed by atoms with Gasteiger partial charge in [0.1, 0.15) is 16.7 Å². The smallest absolute Gasteiger partial charge is 0.153 e. The molecule has 0 unspecified atom stereocenters. The molecule has 0 fully saturated rings. The van der Waals surface area contributed by atoms with Gasteiger partial charge in [-0.15, -0.1) is 0 Å². The van der Waals surface area contributed by atoms with Gasteiger partial charge in [0.15, 0.2) is 5.58 Å². The minimum atomic E-state index is -1.51. The van der Waals surface area contributed by atoms with Crippen LogP contribution in [0.15, 0.2) is 130 Å². The van der Waals surface area contributed by atoms with E-state index in [9.17, 15) is 0 Å². The molecular weight excluding hydrogens is 526 g/mol. The second-order valence-electron chi connectivity index (χ2n) is 12.2. The maximum absolute atomic E-state index is 8.71. The highest BCUT2D eigenvalue weighted by molar-refractivity contribution is 6.13. The van der Waals surface area contributed by atoms with Gasteiger partial charge in [-0.25, -0.2) is 0 Å². The standard InChI is InChI=1S/C40H31NO2/c1-40(2,3)23-25-15-20-30-34-22-35(41-24-37(34)42-36(30)21-25)33-14-8-13-32-31-12-7-11-29(38(31)43-39(32)33)28-18-16-27(17-19-28)26-9-5-4-6-10-26/h4-22,24H,23H2,1-3H3/i23D2. The minimum Gasteiger partial charge on any atom is -0.455 e. The second kappa shape index (κ2) is 9.71. The van der Waals surface area contributed by atoms with Crippen molar-refractivity contribution in [3.05, 3.63) is 127 Å². The summed E-state index contributed by atoms with van der Waals surface area (Å²) < 4.78 is 30.3. The lowest BCUT2D eigenvalue weighted by Gasteiger charge is -2.17. The van der Waals surface area contributed by atoms with Crippen molar-refractivity contribution in [1.82, 2.24) is 4.98 Å². The normalized spacial score (nSPS) is 13.2. The Morgan fingerprint density at radius 1 is 0.581 bits per heavy atom. The molecule has 208 valence electrons. The molecule has 3 heteroatoms. The molecule has 43 heavy (non-hydrogen) atoms. The molecule has 0 atom stereocenters. The molecule has 8 rings (SSSR count). The number of fused-ring (bicyclic) bond motifs is 6. The van der Waals surface area contributed by atoms with Crippen LogP contribution in [-0.2, 0) is 6.37 Å². The van der Waals surface area contributed by atoms with Crippen molar-refractivity contribution in [2.24, 2.45) is 5.41 Å². The Hall–Kier alpha value is -5.15. The quantitative estimate of drug-likeness (QED) is 0.215. The first-order valence-electron chi connectivity index (χ1n) is 15.6. The van der Waals surface area contributed by atoms with Gasteiger partial charge in [0.05, 0.1) is 11.9 Å². The third-order valence-electron chi connectivity index (χ3n) is 7.98. The van der Waals surface area contributed by atoms with E-state index in [1.807, 2.05) is 63.2 Å². The molecule has 3 aromatic heterocycles. The molecule has 0 radical (unpaired) electrons. The van der Waals surface area contributed by atoms with E-state index >= 15 is 0 Å². The van der Waals surface area contributed by atoms with Crippen molar-refractivity contribution in [1.29, 1.82) is 0 Å². The van der Waals surface area contributed by atoms with Crippen LogP contribution < -0.4 is 0 Å². The summed E-state index contributed by atoms with van der Waals surface area (Å²) >= 11 is 0. The monoisotopic (exact) mass is 559 g/mol. The molecular formula is C40H31NO2. The topological polar surface area (TPSA) is 39.2 Å². The fourth-order valence-corrected chi connectivity index (χ4v) is 6.06. The van der Waals surface area contributed by atoms with Crippen LogP contribution in [0.1, 0.15) is 29.1 Å². The number of furan rings is 2. The van der Waals surface area contributed by atoms with E-state index in [1.165, 1.54) is 11.1 Å². The highest BCUT2D eigenvalue weighted by Gasteiger charge is 2.18. The van der Waals surface area contributed by atoms with Gasteiger partial charge in [0, 0.05) is 35.4 Å². The van der Waals surface area contributed by atoms with Gasteiger partial charge in [-0.2, -0.15) is 0 Å². The predicted molar refractivity (Wildman–Crippen MR) is 178 cm³/mol. The molecule has 0 aliphatic carbocycles. The number of pyridine rings is 1. The van der Waals surface area contributed by atoms with Gasteiger partial charge in [-0.05, 0) is 52.2 Å². The fourth-order valence-electron chi connectivity index (χ4n) is 6.06. The highest BCUT2D eigenvalue weighted by Crippen LogP contribution is 2.41. The van der Waals surface area contributed by atoms with Crippen LogP contribution >= 0.6 is 0 Å². The molecule has 5 aromatic carbocycles. The number of hydrogen-bond donors (Lipinski definition) is 0. The number of nitrogens with zero attached hydrogens (tertiary/aromatic N) is 1. The van der Waals surface area contributed by atoms with E-state index in [-0.39, 0.29) is 0 Å². The van der Waals surface area contributed by atoms with Crippen molar-refractivity contribution in [2.75, 3.05) is 0 Å². The van der Waals surface area contributed by atoms with Crippen LogP contribution in [0.5, 0.6) is 0 Å². The fraction of sp³-hybridized carbons (Fsp3) is 0.125. The summed E-state index contributed by atoms with van der Waals surface area (Å²) in [6.07, 6.45) is 0.243. The number of para-hydroxylation sites is 2. The van der Waals surface area contributed by atoms with Crippen LogP contribution in [0.4, 0.5) is 0 Å². The molecule has 0 saturated carbocycles. The third kappa shape index (κ3) is 4.49. The first-order valence-corrected chi connectivity index (χ1v) is 14.6. The number of benzene rings is 5. The van der Waals surface area contributed by atoms with Crippen molar-refractivity contribution < 1.29 is 11.6 Å². The van der Waals surface area contributed by atoms with Crippen LogP contribution in [-0.4, -0.2) is 4.98 Å². The second-order valence-corrected chi connectivity index (χ2v) is 12.2. The first-order chi connectivity index (χ1) is 21.7. The SMILES string of the molecule is [2H]C([2H])(c1ccc2c(c1)oc1cnc(-c3cccc4c3oc3c(-c5ccc(-c6ccccc6)cc5)cccc34)cc12)C(C)(C)C. The summed E-state index contributed by atoms with van der Waals surface area (Å²) in [7, 11) is 0. The third-order valence-corrected chi connectivity index (χ3v) is 7.98. The summed E-state index contributed by atoms with van der Waals surface area (Å²) in [5.41, 5.74) is 9.22. The lowest BCUT2D eigenvalue weighted by atomic mass is 9.88. The molecule has 0 N–H and O–H groups in total. The number of aromatic nitrogens is 1. The van der Waals surface area contributed by atoms with E-state index < -0.39 is 11.8 Å². The molecule has 0 saturated heterocycles. The predicted octanol–water partition coefficient (Wildman–Crippen LogP) is 11.5. The van der Waals surface area contributed by atoms with Gasteiger partial charge in [0.2, 0.25) is 0 Å². The summed E-state index contributed by atoms with van der Waals surface area (Å²) in [5, 5.41) is 3.97. The summed E-state index contributed by atoms with van der Waals surface area (Å²) in [6, 6.07) is 39.2. The lowest BCUT2D eigenvalue weighted by molar-refractivity contribution is 0.411. The number of hydrogen-bond acceptors (Lipinski definition) is 3. The molecule has 0 amide bonds. The minimum absolute atomic E-state index is 0.557. The number of rotatable bonds is 4. The van der Waals surface area contributed by atoms with Crippen LogP contribution in [0, 0.1) is 5.41 Å². The molecule has 0 aliphatic heterocycles. The summed E-state index contributed by atoms with van der Waals surface area (Å²) in [4.78, 5) is 4.79. The largest absolute Gasteiger partial charge is 0.455 e. The van der Waals surface area contributed by atoms with Gasteiger partial charge < -0.3 is 8.83 Å². The van der Waals surface area contributed by atoms with E-state index in [0.29, 0.717) is 16.7 Å².